The fraction of sp³-hybridized carbons (Fsp3) is 0.333. The van der Waals surface area contributed by atoms with Crippen molar-refractivity contribution in [2.75, 3.05) is 19.6 Å². The van der Waals surface area contributed by atoms with Crippen molar-refractivity contribution in [2.45, 2.75) is 18.9 Å². The molecule has 0 aliphatic carbocycles. The van der Waals surface area contributed by atoms with E-state index in [4.69, 9.17) is 4.74 Å². The van der Waals surface area contributed by atoms with Crippen molar-refractivity contribution in [1.29, 1.82) is 0 Å². The summed E-state index contributed by atoms with van der Waals surface area (Å²) in [5.74, 6) is 1.74. The second-order valence-corrected chi connectivity index (χ2v) is 7.10. The number of hydrogen-bond acceptors (Lipinski definition) is 2. The molecule has 3 aliphatic heterocycles. The van der Waals surface area contributed by atoms with E-state index >= 15 is 0 Å². The second-order valence-electron chi connectivity index (χ2n) is 7.10. The molecule has 3 saturated heterocycles. The normalized spacial score (nSPS) is 25.9. The van der Waals surface area contributed by atoms with Crippen molar-refractivity contribution in [3.05, 3.63) is 54.7 Å². The molecule has 1 unspecified atom stereocenters. The van der Waals surface area contributed by atoms with Crippen LogP contribution in [-0.2, 0) is 0 Å². The molecule has 2 aromatic carbocycles. The molecule has 3 heteroatoms. The molecular formula is C21H22N2O. The molecule has 1 aromatic heterocycles. The molecule has 24 heavy (non-hydrogen) atoms. The number of rotatable bonds is 3. The van der Waals surface area contributed by atoms with E-state index in [0.29, 0.717) is 6.10 Å². The fourth-order valence-corrected chi connectivity index (χ4v) is 4.17. The molecule has 1 atom stereocenters. The first-order valence-corrected chi connectivity index (χ1v) is 8.92. The Labute approximate surface area is 142 Å². The fourth-order valence-electron chi connectivity index (χ4n) is 4.17. The monoisotopic (exact) mass is 318 g/mol. The molecule has 4 heterocycles. The molecule has 3 aromatic rings. The Morgan fingerprint density at radius 1 is 0.917 bits per heavy atom. The van der Waals surface area contributed by atoms with Crippen LogP contribution in [0.3, 0.4) is 0 Å². The van der Waals surface area contributed by atoms with Gasteiger partial charge in [0.25, 0.3) is 0 Å². The smallest absolute Gasteiger partial charge is 0.119 e. The number of benzene rings is 2. The summed E-state index contributed by atoms with van der Waals surface area (Å²) in [6.07, 6.45) is 4.94. The zero-order valence-corrected chi connectivity index (χ0v) is 13.7. The van der Waals surface area contributed by atoms with Gasteiger partial charge in [-0.1, -0.05) is 24.3 Å². The van der Waals surface area contributed by atoms with Crippen molar-refractivity contribution in [3.63, 3.8) is 0 Å². The zero-order chi connectivity index (χ0) is 15.9. The van der Waals surface area contributed by atoms with Crippen LogP contribution in [0, 0.1) is 5.92 Å². The van der Waals surface area contributed by atoms with E-state index in [-0.39, 0.29) is 0 Å². The van der Waals surface area contributed by atoms with Gasteiger partial charge in [-0.3, -0.25) is 4.90 Å². The number of ether oxygens (including phenoxy) is 1. The van der Waals surface area contributed by atoms with E-state index in [1.165, 1.54) is 48.0 Å². The topological polar surface area (TPSA) is 28.3 Å². The summed E-state index contributed by atoms with van der Waals surface area (Å²) in [6, 6.07) is 17.2. The second kappa shape index (κ2) is 5.67. The van der Waals surface area contributed by atoms with Crippen molar-refractivity contribution in [3.8, 4) is 16.9 Å². The van der Waals surface area contributed by atoms with Gasteiger partial charge in [0, 0.05) is 18.3 Å². The molecule has 122 valence electrons. The number of aromatic nitrogens is 1. The lowest BCUT2D eigenvalue weighted by Crippen LogP contribution is -2.52. The third-order valence-corrected chi connectivity index (χ3v) is 5.63. The van der Waals surface area contributed by atoms with E-state index in [1.807, 2.05) is 6.20 Å². The van der Waals surface area contributed by atoms with E-state index in [2.05, 4.69) is 58.4 Å². The number of fused-ring (bicyclic) bond motifs is 4. The lowest BCUT2D eigenvalue weighted by atomic mass is 9.86. The summed E-state index contributed by atoms with van der Waals surface area (Å²) in [6.45, 7) is 3.60. The summed E-state index contributed by atoms with van der Waals surface area (Å²) in [4.78, 5) is 5.81. The van der Waals surface area contributed by atoms with E-state index in [9.17, 15) is 0 Å². The molecule has 2 bridgehead atoms. The van der Waals surface area contributed by atoms with Gasteiger partial charge in [0.2, 0.25) is 0 Å². The van der Waals surface area contributed by atoms with Gasteiger partial charge in [-0.15, -0.1) is 0 Å². The lowest BCUT2D eigenvalue weighted by Gasteiger charge is -2.44. The van der Waals surface area contributed by atoms with E-state index in [1.54, 1.807) is 0 Å². The SMILES string of the molecule is c1cc2ccc(-c3ccc(OC4CN5CCC4CC5)cc3)cc2[nH]1. The molecule has 3 fully saturated rings. The maximum absolute atomic E-state index is 6.29. The minimum atomic E-state index is 0.369. The van der Waals surface area contributed by atoms with Crippen LogP contribution in [0.15, 0.2) is 54.7 Å². The highest BCUT2D eigenvalue weighted by atomic mass is 16.5. The minimum absolute atomic E-state index is 0.369. The predicted octanol–water partition coefficient (Wildman–Crippen LogP) is 4.31. The van der Waals surface area contributed by atoms with Crippen LogP contribution in [0.1, 0.15) is 12.8 Å². The Kier molecular flexibility index (Phi) is 3.34. The molecule has 0 spiro atoms. The van der Waals surface area contributed by atoms with E-state index in [0.717, 1.165) is 18.2 Å². The van der Waals surface area contributed by atoms with Gasteiger partial charge in [0.05, 0.1) is 0 Å². The van der Waals surface area contributed by atoms with Crippen molar-refractivity contribution in [2.24, 2.45) is 5.92 Å². The van der Waals surface area contributed by atoms with Crippen LogP contribution in [0.2, 0.25) is 0 Å². The Bertz CT molecular complexity index is 844. The maximum Gasteiger partial charge on any atom is 0.119 e. The van der Waals surface area contributed by atoms with Gasteiger partial charge >= 0.3 is 0 Å². The molecule has 6 rings (SSSR count). The lowest BCUT2D eigenvalue weighted by molar-refractivity contribution is -0.00775. The van der Waals surface area contributed by atoms with Gasteiger partial charge in [-0.25, -0.2) is 0 Å². The quantitative estimate of drug-likeness (QED) is 0.779. The Morgan fingerprint density at radius 2 is 1.71 bits per heavy atom. The van der Waals surface area contributed by atoms with Crippen LogP contribution < -0.4 is 4.74 Å². The van der Waals surface area contributed by atoms with Crippen molar-refractivity contribution >= 4 is 10.9 Å². The van der Waals surface area contributed by atoms with Gasteiger partial charge in [-0.2, -0.15) is 0 Å². The van der Waals surface area contributed by atoms with Crippen LogP contribution in [0.25, 0.3) is 22.0 Å². The maximum atomic E-state index is 6.29. The molecule has 0 amide bonds. The average molecular weight is 318 g/mol. The van der Waals surface area contributed by atoms with Gasteiger partial charge in [-0.05, 0) is 72.6 Å². The third kappa shape index (κ3) is 2.49. The number of hydrogen-bond donors (Lipinski definition) is 1. The van der Waals surface area contributed by atoms with Gasteiger partial charge < -0.3 is 9.72 Å². The highest BCUT2D eigenvalue weighted by Crippen LogP contribution is 2.31. The number of nitrogens with zero attached hydrogens (tertiary/aromatic N) is 1. The third-order valence-electron chi connectivity index (χ3n) is 5.63. The van der Waals surface area contributed by atoms with Gasteiger partial charge in [0.1, 0.15) is 11.9 Å². The molecule has 0 saturated carbocycles. The first-order chi connectivity index (χ1) is 11.8. The van der Waals surface area contributed by atoms with Crippen LogP contribution >= 0.6 is 0 Å². The Morgan fingerprint density at radius 3 is 2.46 bits per heavy atom. The van der Waals surface area contributed by atoms with Crippen LogP contribution in [0.5, 0.6) is 5.75 Å². The first-order valence-electron chi connectivity index (χ1n) is 8.92. The molecule has 1 N–H and O–H groups in total. The minimum Gasteiger partial charge on any atom is -0.489 e. The molecular weight excluding hydrogens is 296 g/mol. The Hall–Kier alpha value is -2.26. The predicted molar refractivity (Wildman–Crippen MR) is 97.3 cm³/mol. The van der Waals surface area contributed by atoms with Gasteiger partial charge in [0.15, 0.2) is 0 Å². The number of H-pyrrole nitrogens is 1. The number of aromatic amines is 1. The molecule has 3 nitrogen and oxygen atoms in total. The molecule has 0 radical (unpaired) electrons. The summed E-state index contributed by atoms with van der Waals surface area (Å²) in [7, 11) is 0. The van der Waals surface area contributed by atoms with Crippen molar-refractivity contribution < 1.29 is 4.74 Å². The van der Waals surface area contributed by atoms with E-state index < -0.39 is 0 Å². The van der Waals surface area contributed by atoms with Crippen molar-refractivity contribution in [1.82, 2.24) is 9.88 Å². The summed E-state index contributed by atoms with van der Waals surface area (Å²) < 4.78 is 6.29. The average Bonchev–Trinajstić information content (AvgIpc) is 3.11. The number of piperidine rings is 3. The largest absolute Gasteiger partial charge is 0.489 e. The highest BCUT2D eigenvalue weighted by Gasteiger charge is 2.35. The number of nitrogens with one attached hydrogen (secondary N) is 1. The standard InChI is InChI=1S/C21H22N2O/c1-2-18(13-20-16(1)7-10-22-20)15-3-5-19(6-4-15)24-21-14-23-11-8-17(21)9-12-23/h1-7,10,13,17,21-22H,8-9,11-12,14H2. The highest BCUT2D eigenvalue weighted by molar-refractivity contribution is 5.84. The Balaban J connectivity index is 1.35. The summed E-state index contributed by atoms with van der Waals surface area (Å²) >= 11 is 0. The summed E-state index contributed by atoms with van der Waals surface area (Å²) in [5.41, 5.74) is 3.65. The van der Waals surface area contributed by atoms with Crippen LogP contribution in [-0.4, -0.2) is 35.6 Å². The first kappa shape index (κ1) is 14.1. The summed E-state index contributed by atoms with van der Waals surface area (Å²) in [5, 5.41) is 1.25. The zero-order valence-electron chi connectivity index (χ0n) is 13.7. The van der Waals surface area contributed by atoms with Crippen LogP contribution in [0.4, 0.5) is 0 Å². The molecule has 3 aliphatic rings.